The Labute approximate surface area is 76.3 Å². The average Bonchev–Trinajstić information content (AvgIpc) is 2.16. The van der Waals surface area contributed by atoms with Crippen LogP contribution in [-0.2, 0) is 6.42 Å². The van der Waals surface area contributed by atoms with Crippen LogP contribution in [0.5, 0.6) is 0 Å². The third kappa shape index (κ3) is 2.58. The van der Waals surface area contributed by atoms with Crippen molar-refractivity contribution in [3.05, 3.63) is 35.9 Å². The minimum atomic E-state index is 0.707. The zero-order valence-electron chi connectivity index (χ0n) is 6.90. The predicted molar refractivity (Wildman–Crippen MR) is 52.9 cm³/mol. The number of rotatable bonds is 2. The molecule has 0 amide bonds. The second-order valence-corrected chi connectivity index (χ2v) is 3.24. The first kappa shape index (κ1) is 9.13. The van der Waals surface area contributed by atoms with Crippen molar-refractivity contribution in [3.63, 3.8) is 0 Å². The average molecular weight is 181 g/mol. The maximum atomic E-state index is 8.55. The molecule has 1 rings (SSSR count). The highest BCUT2D eigenvalue weighted by molar-refractivity contribution is 8.13. The van der Waals surface area contributed by atoms with E-state index in [0.717, 1.165) is 5.04 Å². The largest absolute Gasteiger partial charge is 0.410 e. The molecular weight excluding hydrogens is 170 g/mol. The van der Waals surface area contributed by atoms with E-state index < -0.39 is 0 Å². The molecule has 0 spiro atoms. The van der Waals surface area contributed by atoms with Gasteiger partial charge < -0.3 is 5.21 Å². The van der Waals surface area contributed by atoms with Crippen molar-refractivity contribution in [2.45, 2.75) is 6.42 Å². The van der Waals surface area contributed by atoms with Gasteiger partial charge in [0.25, 0.3) is 0 Å². The molecule has 0 aliphatic carbocycles. The second-order valence-electron chi connectivity index (χ2n) is 2.36. The Morgan fingerprint density at radius 1 is 1.42 bits per heavy atom. The van der Waals surface area contributed by atoms with Crippen molar-refractivity contribution in [2.24, 2.45) is 5.16 Å². The van der Waals surface area contributed by atoms with Gasteiger partial charge in [0.05, 0.1) is 0 Å². The van der Waals surface area contributed by atoms with Crippen LogP contribution in [0.4, 0.5) is 0 Å². The Morgan fingerprint density at radius 3 is 2.58 bits per heavy atom. The fourth-order valence-electron chi connectivity index (χ4n) is 0.919. The predicted octanol–water partition coefficient (Wildman–Crippen LogP) is 2.38. The summed E-state index contributed by atoms with van der Waals surface area (Å²) in [5.41, 5.74) is 1.17. The van der Waals surface area contributed by atoms with Gasteiger partial charge in [-0.3, -0.25) is 0 Å². The van der Waals surface area contributed by atoms with Gasteiger partial charge in [0.1, 0.15) is 5.04 Å². The highest BCUT2D eigenvalue weighted by Crippen LogP contribution is 2.07. The molecule has 1 aromatic rings. The van der Waals surface area contributed by atoms with Crippen molar-refractivity contribution in [1.82, 2.24) is 0 Å². The van der Waals surface area contributed by atoms with Crippen molar-refractivity contribution in [1.29, 1.82) is 0 Å². The molecule has 0 bridgehead atoms. The minimum absolute atomic E-state index is 0.707. The van der Waals surface area contributed by atoms with E-state index in [1.807, 2.05) is 36.6 Å². The minimum Gasteiger partial charge on any atom is -0.410 e. The lowest BCUT2D eigenvalue weighted by molar-refractivity contribution is 0.320. The first-order chi connectivity index (χ1) is 5.86. The quantitative estimate of drug-likeness (QED) is 0.329. The van der Waals surface area contributed by atoms with Crippen LogP contribution in [0.15, 0.2) is 35.5 Å². The Kier molecular flexibility index (Phi) is 3.67. The fourth-order valence-corrected chi connectivity index (χ4v) is 1.31. The van der Waals surface area contributed by atoms with Gasteiger partial charge in [-0.15, -0.1) is 11.8 Å². The molecule has 0 fully saturated rings. The summed E-state index contributed by atoms with van der Waals surface area (Å²) < 4.78 is 0. The van der Waals surface area contributed by atoms with Crippen LogP contribution in [0.2, 0.25) is 0 Å². The molecule has 0 aromatic heterocycles. The van der Waals surface area contributed by atoms with Gasteiger partial charge in [0.2, 0.25) is 0 Å². The summed E-state index contributed by atoms with van der Waals surface area (Å²) in [7, 11) is 0. The SMILES string of the molecule is CS/C(Cc1ccccc1)=N\O. The van der Waals surface area contributed by atoms with Crippen LogP contribution < -0.4 is 0 Å². The zero-order chi connectivity index (χ0) is 8.81. The van der Waals surface area contributed by atoms with E-state index in [2.05, 4.69) is 5.16 Å². The van der Waals surface area contributed by atoms with Crippen LogP contribution in [0.3, 0.4) is 0 Å². The van der Waals surface area contributed by atoms with Crippen molar-refractivity contribution in [2.75, 3.05) is 6.26 Å². The van der Waals surface area contributed by atoms with Crippen LogP contribution in [0.25, 0.3) is 0 Å². The topological polar surface area (TPSA) is 32.6 Å². The molecule has 1 N–H and O–H groups in total. The smallest absolute Gasteiger partial charge is 0.116 e. The summed E-state index contributed by atoms with van der Waals surface area (Å²) in [6.07, 6.45) is 2.61. The van der Waals surface area contributed by atoms with Gasteiger partial charge >= 0.3 is 0 Å². The van der Waals surface area contributed by atoms with Gasteiger partial charge in [-0.2, -0.15) is 0 Å². The van der Waals surface area contributed by atoms with Crippen molar-refractivity contribution in [3.8, 4) is 0 Å². The van der Waals surface area contributed by atoms with Crippen LogP contribution in [-0.4, -0.2) is 16.5 Å². The maximum Gasteiger partial charge on any atom is 0.116 e. The highest BCUT2D eigenvalue weighted by atomic mass is 32.2. The number of nitrogens with zero attached hydrogens (tertiary/aromatic N) is 1. The molecule has 0 saturated heterocycles. The summed E-state index contributed by atoms with van der Waals surface area (Å²) in [4.78, 5) is 0. The van der Waals surface area contributed by atoms with Gasteiger partial charge in [-0.25, -0.2) is 0 Å². The molecule has 0 atom stereocenters. The zero-order valence-corrected chi connectivity index (χ0v) is 7.71. The summed E-state index contributed by atoms with van der Waals surface area (Å²) in [5.74, 6) is 0. The number of benzene rings is 1. The van der Waals surface area contributed by atoms with Crippen LogP contribution in [0, 0.1) is 0 Å². The number of oxime groups is 1. The lowest BCUT2D eigenvalue weighted by Gasteiger charge is -1.99. The van der Waals surface area contributed by atoms with Gasteiger partial charge in [-0.1, -0.05) is 35.5 Å². The molecule has 1 aromatic carbocycles. The van der Waals surface area contributed by atoms with Crippen molar-refractivity contribution >= 4 is 16.8 Å². The Balaban J connectivity index is 2.64. The van der Waals surface area contributed by atoms with Crippen molar-refractivity contribution < 1.29 is 5.21 Å². The molecule has 0 radical (unpaired) electrons. The van der Waals surface area contributed by atoms with E-state index in [4.69, 9.17) is 5.21 Å². The van der Waals surface area contributed by atoms with Gasteiger partial charge in [0, 0.05) is 6.42 Å². The molecule has 0 unspecified atom stereocenters. The fraction of sp³-hybridized carbons (Fsp3) is 0.222. The number of hydrogen-bond acceptors (Lipinski definition) is 3. The Bertz CT molecular complexity index is 258. The van der Waals surface area contributed by atoms with E-state index in [1.54, 1.807) is 0 Å². The summed E-state index contributed by atoms with van der Waals surface area (Å²) in [6.45, 7) is 0. The van der Waals surface area contributed by atoms with E-state index in [9.17, 15) is 0 Å². The lowest BCUT2D eigenvalue weighted by Crippen LogP contribution is -1.96. The standard InChI is InChI=1S/C9H11NOS/c1-12-9(10-11)7-8-5-3-2-4-6-8/h2-6,11H,7H2,1H3/b10-9-. The molecule has 64 valence electrons. The monoisotopic (exact) mass is 181 g/mol. The third-order valence-corrected chi connectivity index (χ3v) is 2.24. The van der Waals surface area contributed by atoms with Gasteiger partial charge in [-0.05, 0) is 11.8 Å². The Hall–Kier alpha value is -0.960. The highest BCUT2D eigenvalue weighted by Gasteiger charge is 1.98. The molecular formula is C9H11NOS. The summed E-state index contributed by atoms with van der Waals surface area (Å²) >= 11 is 1.46. The number of hydrogen-bond donors (Lipinski definition) is 1. The summed E-state index contributed by atoms with van der Waals surface area (Å²) in [5, 5.41) is 12.5. The van der Waals surface area contributed by atoms with E-state index in [0.29, 0.717) is 6.42 Å². The van der Waals surface area contributed by atoms with E-state index >= 15 is 0 Å². The van der Waals surface area contributed by atoms with Crippen LogP contribution >= 0.6 is 11.8 Å². The third-order valence-electron chi connectivity index (χ3n) is 1.55. The van der Waals surface area contributed by atoms with Gasteiger partial charge in [0.15, 0.2) is 0 Å². The molecule has 0 aliphatic heterocycles. The van der Waals surface area contributed by atoms with E-state index in [-0.39, 0.29) is 0 Å². The number of thioether (sulfide) groups is 1. The Morgan fingerprint density at radius 2 is 2.08 bits per heavy atom. The molecule has 0 saturated carbocycles. The second kappa shape index (κ2) is 4.83. The molecule has 0 heterocycles. The van der Waals surface area contributed by atoms with E-state index in [1.165, 1.54) is 17.3 Å². The molecule has 3 heteroatoms. The molecule has 12 heavy (non-hydrogen) atoms. The first-order valence-electron chi connectivity index (χ1n) is 3.65. The normalized spacial score (nSPS) is 11.6. The maximum absolute atomic E-state index is 8.55. The first-order valence-corrected chi connectivity index (χ1v) is 4.88. The molecule has 2 nitrogen and oxygen atoms in total. The van der Waals surface area contributed by atoms with Crippen LogP contribution in [0.1, 0.15) is 5.56 Å². The molecule has 0 aliphatic rings. The summed E-state index contributed by atoms with van der Waals surface area (Å²) in [6, 6.07) is 9.95. The lowest BCUT2D eigenvalue weighted by atomic mass is 10.2.